The lowest BCUT2D eigenvalue weighted by molar-refractivity contribution is -0.122. The summed E-state index contributed by atoms with van der Waals surface area (Å²) >= 11 is 0. The zero-order chi connectivity index (χ0) is 14.2. The van der Waals surface area contributed by atoms with Crippen molar-refractivity contribution in [2.24, 2.45) is 0 Å². The van der Waals surface area contributed by atoms with E-state index in [0.717, 1.165) is 19.3 Å². The zero-order valence-electron chi connectivity index (χ0n) is 11.8. The lowest BCUT2D eigenvalue weighted by Crippen LogP contribution is -2.47. The Labute approximate surface area is 111 Å². The van der Waals surface area contributed by atoms with Gasteiger partial charge in [-0.3, -0.25) is 4.79 Å². The van der Waals surface area contributed by atoms with Crippen molar-refractivity contribution in [3.63, 3.8) is 0 Å². The summed E-state index contributed by atoms with van der Waals surface area (Å²) in [6.45, 7) is 6.30. The van der Waals surface area contributed by atoms with E-state index in [-0.39, 0.29) is 23.7 Å². The Kier molecular flexibility index (Phi) is 8.18. The fraction of sp³-hybridized carbons (Fsp3) is 0.917. The third-order valence-electron chi connectivity index (χ3n) is 2.56. The van der Waals surface area contributed by atoms with E-state index in [2.05, 4.69) is 17.6 Å². The molecule has 0 aliphatic rings. The van der Waals surface area contributed by atoms with Gasteiger partial charge in [0.2, 0.25) is 5.91 Å². The summed E-state index contributed by atoms with van der Waals surface area (Å²) < 4.78 is 22.2. The molecule has 6 heteroatoms. The van der Waals surface area contributed by atoms with Gasteiger partial charge in [0.05, 0.1) is 11.8 Å². The van der Waals surface area contributed by atoms with Crippen molar-refractivity contribution in [1.29, 1.82) is 0 Å². The predicted octanol–water partition coefficient (Wildman–Crippen LogP) is 0.704. The molecule has 0 saturated heterocycles. The first kappa shape index (κ1) is 17.4. The molecule has 0 aliphatic carbocycles. The predicted molar refractivity (Wildman–Crippen MR) is 74.3 cm³/mol. The van der Waals surface area contributed by atoms with Crippen molar-refractivity contribution >= 4 is 15.7 Å². The van der Waals surface area contributed by atoms with Crippen LogP contribution in [0.4, 0.5) is 0 Å². The molecule has 0 spiro atoms. The average molecular weight is 278 g/mol. The van der Waals surface area contributed by atoms with E-state index in [1.54, 1.807) is 13.8 Å². The minimum Gasteiger partial charge on any atom is -0.355 e. The van der Waals surface area contributed by atoms with Crippen LogP contribution in [0.25, 0.3) is 0 Å². The van der Waals surface area contributed by atoms with Gasteiger partial charge in [0.25, 0.3) is 0 Å². The molecule has 0 aliphatic heterocycles. The lowest BCUT2D eigenvalue weighted by Gasteiger charge is -2.19. The maximum atomic E-state index is 11.7. The Balaban J connectivity index is 3.93. The van der Waals surface area contributed by atoms with Crippen LogP contribution in [0.15, 0.2) is 0 Å². The number of nitrogens with one attached hydrogen (secondary N) is 2. The molecule has 1 amide bonds. The molecule has 0 saturated carbocycles. The van der Waals surface area contributed by atoms with Gasteiger partial charge in [-0.1, -0.05) is 19.8 Å². The molecule has 0 fully saturated rings. The summed E-state index contributed by atoms with van der Waals surface area (Å²) in [4.78, 5) is 11.7. The van der Waals surface area contributed by atoms with E-state index in [1.165, 1.54) is 6.26 Å². The number of sulfone groups is 1. The van der Waals surface area contributed by atoms with E-state index in [4.69, 9.17) is 0 Å². The first-order valence-corrected chi connectivity index (χ1v) is 8.53. The van der Waals surface area contributed by atoms with Gasteiger partial charge in [0, 0.05) is 18.8 Å². The number of unbranched alkanes of at least 4 members (excludes halogenated alkanes) is 2. The van der Waals surface area contributed by atoms with Crippen LogP contribution in [-0.4, -0.2) is 45.0 Å². The van der Waals surface area contributed by atoms with Gasteiger partial charge < -0.3 is 10.6 Å². The number of carbonyl (C=O) groups excluding carboxylic acids is 1. The van der Waals surface area contributed by atoms with E-state index in [0.29, 0.717) is 6.54 Å². The summed E-state index contributed by atoms with van der Waals surface area (Å²) in [5.74, 6) is -0.0352. The fourth-order valence-electron chi connectivity index (χ4n) is 1.74. The molecular weight excluding hydrogens is 252 g/mol. The number of hydrogen-bond donors (Lipinski definition) is 2. The fourth-order valence-corrected chi connectivity index (χ4v) is 2.75. The highest BCUT2D eigenvalue weighted by Crippen LogP contribution is 1.95. The summed E-state index contributed by atoms with van der Waals surface area (Å²) in [5.41, 5.74) is 0. The molecule has 0 aromatic rings. The number of amides is 1. The minimum atomic E-state index is -3.01. The average Bonchev–Trinajstić information content (AvgIpc) is 2.21. The second kappa shape index (κ2) is 8.48. The highest BCUT2D eigenvalue weighted by molar-refractivity contribution is 7.90. The van der Waals surface area contributed by atoms with E-state index < -0.39 is 9.84 Å². The standard InChI is InChI=1S/C12H26N2O3S/c1-5-6-7-8-13-12(15)11(3)14-10(2)9-18(4,16)17/h10-11,14H,5-9H2,1-4H3,(H,13,15). The lowest BCUT2D eigenvalue weighted by atomic mass is 10.2. The summed E-state index contributed by atoms with van der Waals surface area (Å²) in [5, 5.41) is 5.82. The van der Waals surface area contributed by atoms with Crippen molar-refractivity contribution in [1.82, 2.24) is 10.6 Å². The first-order valence-electron chi connectivity index (χ1n) is 6.47. The third kappa shape index (κ3) is 9.41. The Bertz CT molecular complexity index is 341. The summed E-state index contributed by atoms with van der Waals surface area (Å²) in [6.07, 6.45) is 4.40. The second-order valence-corrected chi connectivity index (χ2v) is 7.06. The molecule has 108 valence electrons. The largest absolute Gasteiger partial charge is 0.355 e. The molecular formula is C12H26N2O3S. The van der Waals surface area contributed by atoms with Crippen LogP contribution in [-0.2, 0) is 14.6 Å². The van der Waals surface area contributed by atoms with Crippen molar-refractivity contribution in [3.8, 4) is 0 Å². The molecule has 2 unspecified atom stereocenters. The minimum absolute atomic E-state index is 0.0421. The van der Waals surface area contributed by atoms with Gasteiger partial charge in [-0.15, -0.1) is 0 Å². The Morgan fingerprint density at radius 3 is 2.33 bits per heavy atom. The monoisotopic (exact) mass is 278 g/mol. The Morgan fingerprint density at radius 1 is 1.22 bits per heavy atom. The van der Waals surface area contributed by atoms with Crippen molar-refractivity contribution in [2.75, 3.05) is 18.6 Å². The van der Waals surface area contributed by atoms with Gasteiger partial charge in [-0.05, 0) is 20.3 Å². The molecule has 0 aromatic carbocycles. The normalized spacial score (nSPS) is 15.1. The van der Waals surface area contributed by atoms with Gasteiger partial charge in [0.1, 0.15) is 9.84 Å². The number of carbonyl (C=O) groups is 1. The highest BCUT2D eigenvalue weighted by Gasteiger charge is 2.17. The molecule has 0 bridgehead atoms. The van der Waals surface area contributed by atoms with Crippen LogP contribution >= 0.6 is 0 Å². The Morgan fingerprint density at radius 2 is 1.83 bits per heavy atom. The molecule has 0 aromatic heterocycles. The molecule has 2 N–H and O–H groups in total. The SMILES string of the molecule is CCCCCNC(=O)C(C)NC(C)CS(C)(=O)=O. The van der Waals surface area contributed by atoms with Gasteiger partial charge in [-0.2, -0.15) is 0 Å². The van der Waals surface area contributed by atoms with Crippen LogP contribution in [0.2, 0.25) is 0 Å². The van der Waals surface area contributed by atoms with Crippen LogP contribution in [0.5, 0.6) is 0 Å². The second-order valence-electron chi connectivity index (χ2n) is 4.88. The summed E-state index contributed by atoms with van der Waals surface area (Å²) in [6, 6.07) is -0.597. The highest BCUT2D eigenvalue weighted by atomic mass is 32.2. The first-order chi connectivity index (χ1) is 8.26. The van der Waals surface area contributed by atoms with Crippen LogP contribution in [0, 0.1) is 0 Å². The van der Waals surface area contributed by atoms with Crippen molar-refractivity contribution in [3.05, 3.63) is 0 Å². The van der Waals surface area contributed by atoms with Crippen molar-refractivity contribution < 1.29 is 13.2 Å². The zero-order valence-corrected chi connectivity index (χ0v) is 12.6. The van der Waals surface area contributed by atoms with E-state index in [9.17, 15) is 13.2 Å². The number of rotatable bonds is 9. The Hall–Kier alpha value is -0.620. The van der Waals surface area contributed by atoms with Crippen LogP contribution in [0.3, 0.4) is 0 Å². The topological polar surface area (TPSA) is 75.3 Å². The molecule has 0 radical (unpaired) electrons. The van der Waals surface area contributed by atoms with E-state index in [1.807, 2.05) is 0 Å². The third-order valence-corrected chi connectivity index (χ3v) is 3.67. The molecule has 5 nitrogen and oxygen atoms in total. The summed E-state index contributed by atoms with van der Waals surface area (Å²) in [7, 11) is -3.01. The quantitative estimate of drug-likeness (QED) is 0.609. The van der Waals surface area contributed by atoms with Gasteiger partial charge >= 0.3 is 0 Å². The smallest absolute Gasteiger partial charge is 0.236 e. The van der Waals surface area contributed by atoms with Crippen LogP contribution < -0.4 is 10.6 Å². The maximum Gasteiger partial charge on any atom is 0.236 e. The maximum absolute atomic E-state index is 11.7. The molecule has 0 heterocycles. The van der Waals surface area contributed by atoms with Crippen LogP contribution in [0.1, 0.15) is 40.0 Å². The molecule has 0 rings (SSSR count). The molecule has 18 heavy (non-hydrogen) atoms. The number of hydrogen-bond acceptors (Lipinski definition) is 4. The van der Waals surface area contributed by atoms with Crippen molar-refractivity contribution in [2.45, 2.75) is 52.1 Å². The van der Waals surface area contributed by atoms with E-state index >= 15 is 0 Å². The molecule has 2 atom stereocenters. The van der Waals surface area contributed by atoms with Gasteiger partial charge in [0.15, 0.2) is 0 Å². The van der Waals surface area contributed by atoms with Gasteiger partial charge in [-0.25, -0.2) is 8.42 Å².